The first-order chi connectivity index (χ1) is 9.94. The number of hydrogen-bond donors (Lipinski definition) is 1. The molecule has 4 nitrogen and oxygen atoms in total. The molecule has 0 aliphatic carbocycles. The number of anilines is 1. The summed E-state index contributed by atoms with van der Waals surface area (Å²) in [5, 5.41) is 2.77. The molecule has 0 unspecified atom stereocenters. The molecule has 2 aromatic heterocycles. The number of nitrogens with one attached hydrogen (secondary N) is 1. The molecule has 0 radical (unpaired) electrons. The van der Waals surface area contributed by atoms with Crippen molar-refractivity contribution in [1.82, 2.24) is 4.98 Å². The first kappa shape index (κ1) is 13.7. The summed E-state index contributed by atoms with van der Waals surface area (Å²) in [4.78, 5) is 16.1. The Morgan fingerprint density at radius 1 is 1.29 bits per heavy atom. The zero-order valence-corrected chi connectivity index (χ0v) is 12.0. The molecule has 108 valence electrons. The molecular weight excluding hydrogens is 298 g/mol. The van der Waals surface area contributed by atoms with Crippen LogP contribution >= 0.6 is 11.3 Å². The van der Waals surface area contributed by atoms with Crippen molar-refractivity contribution in [2.45, 2.75) is 13.8 Å². The summed E-state index contributed by atoms with van der Waals surface area (Å²) >= 11 is 1.01. The molecule has 3 aromatic rings. The van der Waals surface area contributed by atoms with Gasteiger partial charge in [-0.25, -0.2) is 13.8 Å². The fraction of sp³-hybridized carbons (Fsp3) is 0.143. The average Bonchev–Trinajstić information content (AvgIpc) is 2.92. The number of hydrogen-bond acceptors (Lipinski definition) is 4. The van der Waals surface area contributed by atoms with Gasteiger partial charge in [0.1, 0.15) is 22.9 Å². The van der Waals surface area contributed by atoms with Gasteiger partial charge in [0.05, 0.1) is 10.3 Å². The van der Waals surface area contributed by atoms with E-state index in [-0.39, 0.29) is 10.6 Å². The van der Waals surface area contributed by atoms with Gasteiger partial charge in [-0.3, -0.25) is 10.1 Å². The second kappa shape index (κ2) is 4.92. The van der Waals surface area contributed by atoms with Crippen LogP contribution in [0.1, 0.15) is 21.9 Å². The molecule has 0 spiro atoms. The van der Waals surface area contributed by atoms with Gasteiger partial charge in [0, 0.05) is 6.07 Å². The smallest absolute Gasteiger partial charge is 0.260 e. The summed E-state index contributed by atoms with van der Waals surface area (Å²) < 4.78 is 32.3. The molecule has 0 saturated heterocycles. The van der Waals surface area contributed by atoms with Gasteiger partial charge >= 0.3 is 0 Å². The van der Waals surface area contributed by atoms with E-state index in [1.54, 1.807) is 19.9 Å². The van der Waals surface area contributed by atoms with E-state index in [9.17, 15) is 13.6 Å². The fourth-order valence-electron chi connectivity index (χ4n) is 2.03. The highest BCUT2D eigenvalue weighted by atomic mass is 32.1. The molecule has 21 heavy (non-hydrogen) atoms. The van der Waals surface area contributed by atoms with Crippen LogP contribution in [0.3, 0.4) is 0 Å². The van der Waals surface area contributed by atoms with Crippen LogP contribution in [0, 0.1) is 25.5 Å². The highest BCUT2D eigenvalue weighted by molar-refractivity contribution is 7.22. The van der Waals surface area contributed by atoms with Crippen molar-refractivity contribution in [3.63, 3.8) is 0 Å². The first-order valence-electron chi connectivity index (χ1n) is 6.08. The highest BCUT2D eigenvalue weighted by Gasteiger charge is 2.16. The van der Waals surface area contributed by atoms with Crippen molar-refractivity contribution in [1.29, 1.82) is 0 Å². The number of amides is 1. The molecule has 0 bridgehead atoms. The van der Waals surface area contributed by atoms with Crippen molar-refractivity contribution in [3.8, 4) is 0 Å². The van der Waals surface area contributed by atoms with Gasteiger partial charge in [0.15, 0.2) is 10.9 Å². The molecule has 1 aromatic carbocycles. The van der Waals surface area contributed by atoms with Crippen LogP contribution in [0.15, 0.2) is 22.6 Å². The van der Waals surface area contributed by atoms with Crippen LogP contribution < -0.4 is 5.32 Å². The minimum Gasteiger partial charge on any atom is -0.466 e. The lowest BCUT2D eigenvalue weighted by Crippen LogP contribution is -2.11. The quantitative estimate of drug-likeness (QED) is 0.777. The van der Waals surface area contributed by atoms with E-state index in [0.29, 0.717) is 21.8 Å². The Kier molecular flexibility index (Phi) is 3.21. The van der Waals surface area contributed by atoms with Gasteiger partial charge in [0.25, 0.3) is 5.91 Å². The van der Waals surface area contributed by atoms with E-state index < -0.39 is 17.5 Å². The maximum absolute atomic E-state index is 13.6. The number of aryl methyl sites for hydroxylation is 2. The molecule has 0 atom stereocenters. The predicted octanol–water partition coefficient (Wildman–Crippen LogP) is 4.04. The summed E-state index contributed by atoms with van der Waals surface area (Å²) in [6, 6.07) is 3.55. The van der Waals surface area contributed by atoms with Crippen molar-refractivity contribution in [2.24, 2.45) is 0 Å². The number of nitrogens with zero attached hydrogens (tertiary/aromatic N) is 1. The lowest BCUT2D eigenvalue weighted by molar-refractivity contribution is 0.102. The Labute approximate surface area is 122 Å². The fourth-order valence-corrected chi connectivity index (χ4v) is 2.93. The first-order valence-corrected chi connectivity index (χ1v) is 6.89. The van der Waals surface area contributed by atoms with Crippen molar-refractivity contribution >= 4 is 32.6 Å². The Morgan fingerprint density at radius 2 is 2.05 bits per heavy atom. The molecular formula is C14H10F2N2O2S. The summed E-state index contributed by atoms with van der Waals surface area (Å²) in [5.41, 5.74) is 0.426. The van der Waals surface area contributed by atoms with Crippen LogP contribution in [-0.2, 0) is 0 Å². The van der Waals surface area contributed by atoms with Crippen LogP contribution in [0.5, 0.6) is 0 Å². The molecule has 2 heterocycles. The molecule has 7 heteroatoms. The summed E-state index contributed by atoms with van der Waals surface area (Å²) in [5.74, 6) is -0.720. The van der Waals surface area contributed by atoms with E-state index in [4.69, 9.17) is 4.42 Å². The monoisotopic (exact) mass is 308 g/mol. The van der Waals surface area contributed by atoms with Crippen molar-refractivity contribution < 1.29 is 18.0 Å². The second-order valence-corrected chi connectivity index (χ2v) is 5.57. The van der Waals surface area contributed by atoms with Crippen molar-refractivity contribution in [3.05, 3.63) is 46.9 Å². The molecule has 1 amide bonds. The SMILES string of the molecule is Cc1cc(C(=O)Nc2nc3c(F)cc(F)cc3s2)c(C)o1. The second-order valence-electron chi connectivity index (χ2n) is 4.53. The van der Waals surface area contributed by atoms with Crippen LogP contribution in [0.2, 0.25) is 0 Å². The Morgan fingerprint density at radius 3 is 2.71 bits per heavy atom. The molecule has 0 aliphatic rings. The number of furan rings is 1. The minimum atomic E-state index is -0.753. The zero-order chi connectivity index (χ0) is 15.1. The molecule has 3 rings (SSSR count). The zero-order valence-electron chi connectivity index (χ0n) is 11.2. The van der Waals surface area contributed by atoms with Crippen molar-refractivity contribution in [2.75, 3.05) is 5.32 Å². The molecule has 1 N–H and O–H groups in total. The van der Waals surface area contributed by atoms with Gasteiger partial charge in [-0.05, 0) is 26.0 Å². The Bertz CT molecular complexity index is 854. The third kappa shape index (κ3) is 2.52. The molecule has 0 saturated carbocycles. The summed E-state index contributed by atoms with van der Waals surface area (Å²) in [7, 11) is 0. The van der Waals surface area contributed by atoms with Gasteiger partial charge in [0.2, 0.25) is 0 Å². The largest absolute Gasteiger partial charge is 0.466 e. The third-order valence-electron chi connectivity index (χ3n) is 2.92. The highest BCUT2D eigenvalue weighted by Crippen LogP contribution is 2.29. The van der Waals surface area contributed by atoms with Gasteiger partial charge in [-0.15, -0.1) is 0 Å². The number of fused-ring (bicyclic) bond motifs is 1. The van der Waals surface area contributed by atoms with E-state index in [2.05, 4.69) is 10.3 Å². The predicted molar refractivity (Wildman–Crippen MR) is 75.7 cm³/mol. The lowest BCUT2D eigenvalue weighted by atomic mass is 10.2. The van der Waals surface area contributed by atoms with Crippen LogP contribution in [0.4, 0.5) is 13.9 Å². The number of rotatable bonds is 2. The molecule has 0 fully saturated rings. The summed E-state index contributed by atoms with van der Waals surface area (Å²) in [6.07, 6.45) is 0. The number of halogens is 2. The van der Waals surface area contributed by atoms with Gasteiger partial charge < -0.3 is 4.42 Å². The van der Waals surface area contributed by atoms with Gasteiger partial charge in [-0.2, -0.15) is 0 Å². The Balaban J connectivity index is 1.93. The number of aromatic nitrogens is 1. The van der Waals surface area contributed by atoms with E-state index in [0.717, 1.165) is 17.4 Å². The Hall–Kier alpha value is -2.28. The number of carbonyl (C=O) groups is 1. The summed E-state index contributed by atoms with van der Waals surface area (Å²) in [6.45, 7) is 3.41. The topological polar surface area (TPSA) is 55.1 Å². The van der Waals surface area contributed by atoms with Gasteiger partial charge in [-0.1, -0.05) is 11.3 Å². The van der Waals surface area contributed by atoms with Crippen LogP contribution in [0.25, 0.3) is 10.2 Å². The molecule has 0 aliphatic heterocycles. The lowest BCUT2D eigenvalue weighted by Gasteiger charge is -1.98. The number of benzene rings is 1. The van der Waals surface area contributed by atoms with E-state index in [1.807, 2.05) is 0 Å². The van der Waals surface area contributed by atoms with E-state index >= 15 is 0 Å². The standard InChI is InChI=1S/C14H10F2N2O2S/c1-6-3-9(7(2)20-6)13(19)18-14-17-12-10(16)4-8(15)5-11(12)21-14/h3-5H,1-2H3,(H,17,18,19). The maximum Gasteiger partial charge on any atom is 0.260 e. The van der Waals surface area contributed by atoms with Crippen LogP contribution in [-0.4, -0.2) is 10.9 Å². The number of thiazole rings is 1. The minimum absolute atomic E-state index is 0.0387. The number of carbonyl (C=O) groups excluding carboxylic acids is 1. The maximum atomic E-state index is 13.6. The third-order valence-corrected chi connectivity index (χ3v) is 3.84. The van der Waals surface area contributed by atoms with E-state index in [1.165, 1.54) is 6.07 Å². The average molecular weight is 308 g/mol. The normalized spacial score (nSPS) is 11.0.